The maximum Gasteiger partial charge on any atom is 0.232 e. The zero-order valence-electron chi connectivity index (χ0n) is 10.4. The van der Waals surface area contributed by atoms with Crippen molar-refractivity contribution < 1.29 is 9.53 Å². The van der Waals surface area contributed by atoms with E-state index in [1.165, 1.54) is 0 Å². The molecule has 1 rings (SSSR count). The van der Waals surface area contributed by atoms with Crippen LogP contribution in [0.25, 0.3) is 0 Å². The van der Waals surface area contributed by atoms with Gasteiger partial charge in [0.1, 0.15) is 0 Å². The molecule has 1 atom stereocenters. The SMILES string of the molecule is CCCSCC(=O)N1CCCC(OCC)C1. The van der Waals surface area contributed by atoms with E-state index in [-0.39, 0.29) is 12.0 Å². The van der Waals surface area contributed by atoms with E-state index in [1.54, 1.807) is 11.8 Å². The van der Waals surface area contributed by atoms with E-state index in [1.807, 2.05) is 11.8 Å². The third kappa shape index (κ3) is 4.74. The molecule has 1 fully saturated rings. The largest absolute Gasteiger partial charge is 0.377 e. The van der Waals surface area contributed by atoms with Crippen LogP contribution in [0.15, 0.2) is 0 Å². The fourth-order valence-corrected chi connectivity index (χ4v) is 2.72. The van der Waals surface area contributed by atoms with Crippen LogP contribution in [0.1, 0.15) is 33.1 Å². The van der Waals surface area contributed by atoms with Gasteiger partial charge in [-0.25, -0.2) is 0 Å². The molecule has 1 unspecified atom stereocenters. The van der Waals surface area contributed by atoms with Gasteiger partial charge < -0.3 is 9.64 Å². The third-order valence-electron chi connectivity index (χ3n) is 2.71. The number of ether oxygens (including phenoxy) is 1. The van der Waals surface area contributed by atoms with Crippen molar-refractivity contribution in [3.05, 3.63) is 0 Å². The molecule has 0 aliphatic carbocycles. The average Bonchev–Trinajstić information content (AvgIpc) is 2.30. The van der Waals surface area contributed by atoms with Gasteiger partial charge in [0.25, 0.3) is 0 Å². The Bertz CT molecular complexity index is 209. The molecule has 0 spiro atoms. The number of carbonyl (C=O) groups excluding carboxylic acids is 1. The molecule has 0 N–H and O–H groups in total. The predicted molar refractivity (Wildman–Crippen MR) is 68.8 cm³/mol. The lowest BCUT2D eigenvalue weighted by atomic mass is 10.1. The van der Waals surface area contributed by atoms with Crippen LogP contribution in [-0.4, -0.2) is 48.1 Å². The minimum Gasteiger partial charge on any atom is -0.377 e. The van der Waals surface area contributed by atoms with Crippen LogP contribution in [0.4, 0.5) is 0 Å². The molecule has 3 nitrogen and oxygen atoms in total. The minimum absolute atomic E-state index is 0.263. The lowest BCUT2D eigenvalue weighted by Gasteiger charge is -2.32. The summed E-state index contributed by atoms with van der Waals surface area (Å²) < 4.78 is 5.59. The van der Waals surface area contributed by atoms with Gasteiger partial charge in [-0.15, -0.1) is 0 Å². The third-order valence-corrected chi connectivity index (χ3v) is 3.86. The van der Waals surface area contributed by atoms with Crippen molar-refractivity contribution >= 4 is 17.7 Å². The molecule has 4 heteroatoms. The van der Waals surface area contributed by atoms with Crippen molar-refractivity contribution in [2.24, 2.45) is 0 Å². The highest BCUT2D eigenvalue weighted by Crippen LogP contribution is 2.14. The summed E-state index contributed by atoms with van der Waals surface area (Å²) in [5, 5.41) is 0. The molecule has 1 aliphatic rings. The van der Waals surface area contributed by atoms with Crippen molar-refractivity contribution in [2.45, 2.75) is 39.2 Å². The summed E-state index contributed by atoms with van der Waals surface area (Å²) in [5.74, 6) is 1.99. The molecule has 0 aromatic heterocycles. The highest BCUT2D eigenvalue weighted by molar-refractivity contribution is 7.99. The Labute approximate surface area is 103 Å². The van der Waals surface area contributed by atoms with Crippen molar-refractivity contribution in [1.29, 1.82) is 0 Å². The smallest absolute Gasteiger partial charge is 0.232 e. The van der Waals surface area contributed by atoms with Gasteiger partial charge in [0, 0.05) is 19.7 Å². The lowest BCUT2D eigenvalue weighted by molar-refractivity contribution is -0.132. The second kappa shape index (κ2) is 7.96. The summed E-state index contributed by atoms with van der Waals surface area (Å²) in [5.41, 5.74) is 0. The number of hydrogen-bond donors (Lipinski definition) is 0. The predicted octanol–water partition coefficient (Wildman–Crippen LogP) is 2.16. The van der Waals surface area contributed by atoms with Gasteiger partial charge >= 0.3 is 0 Å². The van der Waals surface area contributed by atoms with Crippen LogP contribution in [0.5, 0.6) is 0 Å². The summed E-state index contributed by atoms with van der Waals surface area (Å²) >= 11 is 1.74. The van der Waals surface area contributed by atoms with E-state index < -0.39 is 0 Å². The number of piperidine rings is 1. The van der Waals surface area contributed by atoms with E-state index in [4.69, 9.17) is 4.74 Å². The molecule has 16 heavy (non-hydrogen) atoms. The molecule has 0 saturated carbocycles. The lowest BCUT2D eigenvalue weighted by Crippen LogP contribution is -2.44. The number of carbonyl (C=O) groups is 1. The second-order valence-corrected chi connectivity index (χ2v) is 5.22. The van der Waals surface area contributed by atoms with Crippen molar-refractivity contribution in [3.63, 3.8) is 0 Å². The molecule has 0 bridgehead atoms. The first-order valence-electron chi connectivity index (χ1n) is 6.25. The quantitative estimate of drug-likeness (QED) is 0.672. The van der Waals surface area contributed by atoms with Gasteiger partial charge in [-0.05, 0) is 31.9 Å². The normalized spacial score (nSPS) is 21.1. The van der Waals surface area contributed by atoms with Gasteiger partial charge in [0.15, 0.2) is 0 Å². The number of likely N-dealkylation sites (tertiary alicyclic amines) is 1. The van der Waals surface area contributed by atoms with Gasteiger partial charge in [-0.1, -0.05) is 6.92 Å². The molecule has 0 aromatic carbocycles. The van der Waals surface area contributed by atoms with E-state index in [9.17, 15) is 4.79 Å². The first-order chi connectivity index (χ1) is 7.77. The maximum atomic E-state index is 11.9. The fraction of sp³-hybridized carbons (Fsp3) is 0.917. The molecular weight excluding hydrogens is 222 g/mol. The summed E-state index contributed by atoms with van der Waals surface area (Å²) in [6, 6.07) is 0. The molecule has 1 amide bonds. The molecule has 1 heterocycles. The van der Waals surface area contributed by atoms with Gasteiger partial charge in [0.2, 0.25) is 5.91 Å². The van der Waals surface area contributed by atoms with Crippen LogP contribution >= 0.6 is 11.8 Å². The molecule has 1 aliphatic heterocycles. The summed E-state index contributed by atoms with van der Waals surface area (Å²) in [6.07, 6.45) is 3.58. The van der Waals surface area contributed by atoms with Gasteiger partial charge in [-0.3, -0.25) is 4.79 Å². The Morgan fingerprint density at radius 1 is 1.50 bits per heavy atom. The van der Waals surface area contributed by atoms with Gasteiger partial charge in [0.05, 0.1) is 11.9 Å². The van der Waals surface area contributed by atoms with E-state index >= 15 is 0 Å². The van der Waals surface area contributed by atoms with Crippen molar-refractivity contribution in [3.8, 4) is 0 Å². The van der Waals surface area contributed by atoms with Crippen LogP contribution in [0.3, 0.4) is 0 Å². The molecule has 1 saturated heterocycles. The highest BCUT2D eigenvalue weighted by atomic mass is 32.2. The Balaban J connectivity index is 2.26. The van der Waals surface area contributed by atoms with E-state index in [0.29, 0.717) is 5.75 Å². The topological polar surface area (TPSA) is 29.5 Å². The second-order valence-electron chi connectivity index (χ2n) is 4.11. The summed E-state index contributed by atoms with van der Waals surface area (Å²) in [7, 11) is 0. The summed E-state index contributed by atoms with van der Waals surface area (Å²) in [4.78, 5) is 13.8. The standard InChI is InChI=1S/C12H23NO2S/c1-3-8-16-10-12(14)13-7-5-6-11(9-13)15-4-2/h11H,3-10H2,1-2H3. The zero-order valence-corrected chi connectivity index (χ0v) is 11.2. The van der Waals surface area contributed by atoms with Crippen LogP contribution in [0, 0.1) is 0 Å². The fourth-order valence-electron chi connectivity index (χ4n) is 1.93. The Kier molecular flexibility index (Phi) is 6.88. The Hall–Kier alpha value is -0.220. The Morgan fingerprint density at radius 2 is 2.31 bits per heavy atom. The number of rotatable bonds is 6. The monoisotopic (exact) mass is 245 g/mol. The average molecular weight is 245 g/mol. The van der Waals surface area contributed by atoms with E-state index in [2.05, 4.69) is 6.92 Å². The van der Waals surface area contributed by atoms with Crippen LogP contribution < -0.4 is 0 Å². The number of nitrogens with zero attached hydrogens (tertiary/aromatic N) is 1. The molecule has 94 valence electrons. The van der Waals surface area contributed by atoms with Crippen molar-refractivity contribution in [2.75, 3.05) is 31.2 Å². The van der Waals surface area contributed by atoms with Crippen LogP contribution in [0.2, 0.25) is 0 Å². The van der Waals surface area contributed by atoms with Crippen LogP contribution in [-0.2, 0) is 9.53 Å². The zero-order chi connectivity index (χ0) is 11.8. The molecule has 0 radical (unpaired) electrons. The van der Waals surface area contributed by atoms with E-state index in [0.717, 1.165) is 44.7 Å². The first-order valence-corrected chi connectivity index (χ1v) is 7.40. The number of hydrogen-bond acceptors (Lipinski definition) is 3. The van der Waals surface area contributed by atoms with Crippen molar-refractivity contribution in [1.82, 2.24) is 4.90 Å². The Morgan fingerprint density at radius 3 is 3.00 bits per heavy atom. The molecular formula is C12H23NO2S. The van der Waals surface area contributed by atoms with Gasteiger partial charge in [-0.2, -0.15) is 11.8 Å². The highest BCUT2D eigenvalue weighted by Gasteiger charge is 2.23. The number of amides is 1. The number of thioether (sulfide) groups is 1. The minimum atomic E-state index is 0.263. The summed E-state index contributed by atoms with van der Waals surface area (Å²) in [6.45, 7) is 6.60. The maximum absolute atomic E-state index is 11.9. The molecule has 0 aromatic rings. The first kappa shape index (κ1) is 13.8.